The molecule has 0 unspecified atom stereocenters. The van der Waals surface area contributed by atoms with E-state index in [4.69, 9.17) is 0 Å². The second kappa shape index (κ2) is 5.76. The van der Waals surface area contributed by atoms with E-state index in [0.29, 0.717) is 0 Å². The number of fused-ring (bicyclic) bond motifs is 1. The minimum Gasteiger partial charge on any atom is -0.378 e. The summed E-state index contributed by atoms with van der Waals surface area (Å²) in [6.45, 7) is 0. The predicted octanol–water partition coefficient (Wildman–Crippen LogP) is 3.82. The zero-order valence-corrected chi connectivity index (χ0v) is 14.6. The van der Waals surface area contributed by atoms with Gasteiger partial charge >= 0.3 is 0 Å². The lowest BCUT2D eigenvalue weighted by Crippen LogP contribution is -2.24. The molecule has 0 bridgehead atoms. The third-order valence-corrected chi connectivity index (χ3v) is 4.74. The highest BCUT2D eigenvalue weighted by Crippen LogP contribution is 2.39. The van der Waals surface area contributed by atoms with Crippen molar-refractivity contribution in [2.24, 2.45) is 0 Å². The molecule has 2 aromatic carbocycles. The van der Waals surface area contributed by atoms with Crippen LogP contribution in [0.5, 0.6) is 0 Å². The number of likely N-dealkylation sites (N-methyl/N-ethyl adjacent to an activating group) is 1. The quantitative estimate of drug-likeness (QED) is 0.832. The van der Waals surface area contributed by atoms with Crippen LogP contribution in [0.2, 0.25) is 0 Å². The maximum absolute atomic E-state index is 12.6. The van der Waals surface area contributed by atoms with Gasteiger partial charge in [0, 0.05) is 37.0 Å². The number of halogens is 1. The first kappa shape index (κ1) is 15.1. The third kappa shape index (κ3) is 2.63. The van der Waals surface area contributed by atoms with Gasteiger partial charge in [0.2, 0.25) is 5.91 Å². The summed E-state index contributed by atoms with van der Waals surface area (Å²) in [5.41, 5.74) is 4.48. The lowest BCUT2D eigenvalue weighted by atomic mass is 9.93. The average molecular weight is 359 g/mol. The van der Waals surface area contributed by atoms with E-state index in [-0.39, 0.29) is 11.8 Å². The molecule has 1 heterocycles. The Morgan fingerprint density at radius 3 is 2.45 bits per heavy atom. The van der Waals surface area contributed by atoms with Gasteiger partial charge in [-0.25, -0.2) is 0 Å². The number of rotatable bonds is 3. The van der Waals surface area contributed by atoms with Gasteiger partial charge in [-0.1, -0.05) is 28.1 Å². The minimum absolute atomic E-state index is 0.0947. The normalized spacial score (nSPS) is 16.8. The summed E-state index contributed by atoms with van der Waals surface area (Å²) in [5.74, 6) is 0.0764. The molecule has 1 amide bonds. The lowest BCUT2D eigenvalue weighted by Gasteiger charge is -2.14. The maximum Gasteiger partial charge on any atom is 0.234 e. The summed E-state index contributed by atoms with van der Waals surface area (Å²) in [5, 5.41) is 0. The molecule has 114 valence electrons. The van der Waals surface area contributed by atoms with Crippen LogP contribution in [-0.4, -0.2) is 27.1 Å². The van der Waals surface area contributed by atoms with Gasteiger partial charge in [-0.05, 0) is 47.9 Å². The van der Waals surface area contributed by atoms with Crippen LogP contribution >= 0.6 is 15.9 Å². The van der Waals surface area contributed by atoms with Crippen molar-refractivity contribution in [1.82, 2.24) is 0 Å². The second-order valence-electron chi connectivity index (χ2n) is 5.92. The highest BCUT2D eigenvalue weighted by molar-refractivity contribution is 9.10. The van der Waals surface area contributed by atoms with Gasteiger partial charge in [-0.15, -0.1) is 0 Å². The lowest BCUT2D eigenvalue weighted by molar-refractivity contribution is -0.119. The molecule has 0 fully saturated rings. The summed E-state index contributed by atoms with van der Waals surface area (Å²) >= 11 is 3.51. The van der Waals surface area contributed by atoms with Gasteiger partial charge in [0.1, 0.15) is 0 Å². The highest BCUT2D eigenvalue weighted by atomic mass is 79.9. The Kier molecular flexibility index (Phi) is 3.96. The molecule has 1 aliphatic heterocycles. The van der Waals surface area contributed by atoms with Crippen molar-refractivity contribution >= 4 is 33.2 Å². The van der Waals surface area contributed by atoms with E-state index in [1.165, 1.54) is 11.3 Å². The van der Waals surface area contributed by atoms with Gasteiger partial charge in [0.05, 0.1) is 5.92 Å². The second-order valence-corrected chi connectivity index (χ2v) is 6.83. The Balaban J connectivity index is 1.89. The van der Waals surface area contributed by atoms with Crippen LogP contribution in [0.4, 0.5) is 11.4 Å². The summed E-state index contributed by atoms with van der Waals surface area (Å²) in [7, 11) is 5.90. The van der Waals surface area contributed by atoms with Crippen molar-refractivity contribution in [3.05, 3.63) is 58.1 Å². The fourth-order valence-corrected chi connectivity index (χ4v) is 3.34. The van der Waals surface area contributed by atoms with E-state index >= 15 is 0 Å². The molecule has 3 nitrogen and oxygen atoms in total. The van der Waals surface area contributed by atoms with Crippen molar-refractivity contribution < 1.29 is 4.79 Å². The number of carbonyl (C=O) groups is 1. The van der Waals surface area contributed by atoms with Crippen molar-refractivity contribution in [3.63, 3.8) is 0 Å². The Labute approximate surface area is 139 Å². The molecule has 2 aromatic rings. The van der Waals surface area contributed by atoms with E-state index in [9.17, 15) is 4.79 Å². The Morgan fingerprint density at radius 1 is 1.14 bits per heavy atom. The first-order valence-corrected chi connectivity index (χ1v) is 8.10. The standard InChI is InChI=1S/C18H19BrN2O/c1-20(2)14-7-4-12(5-8-14)10-16-15-11-13(19)6-9-17(15)21(3)18(16)22/h4-9,11,16H,10H2,1-3H3/t16-/m0/s1. The Morgan fingerprint density at radius 2 is 1.82 bits per heavy atom. The number of hydrogen-bond donors (Lipinski definition) is 0. The Bertz CT molecular complexity index is 710. The third-order valence-electron chi connectivity index (χ3n) is 4.25. The molecule has 0 radical (unpaired) electrons. The van der Waals surface area contributed by atoms with E-state index in [2.05, 4.69) is 51.2 Å². The molecular formula is C18H19BrN2O. The number of nitrogens with zero attached hydrogens (tertiary/aromatic N) is 2. The summed E-state index contributed by atoms with van der Waals surface area (Å²) in [4.78, 5) is 16.4. The van der Waals surface area contributed by atoms with Gasteiger partial charge in [0.15, 0.2) is 0 Å². The Hall–Kier alpha value is -1.81. The molecule has 0 saturated carbocycles. The van der Waals surface area contributed by atoms with Gasteiger partial charge in [0.25, 0.3) is 0 Å². The smallest absolute Gasteiger partial charge is 0.234 e. The van der Waals surface area contributed by atoms with Crippen LogP contribution in [0.15, 0.2) is 46.9 Å². The molecule has 1 atom stereocenters. The van der Waals surface area contributed by atoms with Crippen molar-refractivity contribution in [2.75, 3.05) is 30.9 Å². The van der Waals surface area contributed by atoms with Crippen LogP contribution in [0.3, 0.4) is 0 Å². The molecular weight excluding hydrogens is 340 g/mol. The fourth-order valence-electron chi connectivity index (χ4n) is 2.96. The monoisotopic (exact) mass is 358 g/mol. The predicted molar refractivity (Wildman–Crippen MR) is 94.8 cm³/mol. The number of carbonyl (C=O) groups excluding carboxylic acids is 1. The van der Waals surface area contributed by atoms with Crippen LogP contribution in [0, 0.1) is 0 Å². The topological polar surface area (TPSA) is 23.6 Å². The number of amides is 1. The molecule has 0 spiro atoms. The molecule has 3 rings (SSSR count). The van der Waals surface area contributed by atoms with Gasteiger partial charge in [-0.3, -0.25) is 4.79 Å². The molecule has 0 saturated heterocycles. The molecule has 4 heteroatoms. The first-order chi connectivity index (χ1) is 10.5. The molecule has 0 aromatic heterocycles. The molecule has 22 heavy (non-hydrogen) atoms. The minimum atomic E-state index is -0.0947. The molecule has 1 aliphatic rings. The first-order valence-electron chi connectivity index (χ1n) is 7.30. The van der Waals surface area contributed by atoms with Gasteiger partial charge in [-0.2, -0.15) is 0 Å². The summed E-state index contributed by atoms with van der Waals surface area (Å²) in [6, 6.07) is 14.5. The summed E-state index contributed by atoms with van der Waals surface area (Å²) in [6.07, 6.45) is 0.736. The van der Waals surface area contributed by atoms with Crippen LogP contribution in [0.25, 0.3) is 0 Å². The molecule has 0 aliphatic carbocycles. The van der Waals surface area contributed by atoms with Crippen LogP contribution in [0.1, 0.15) is 17.0 Å². The summed E-state index contributed by atoms with van der Waals surface area (Å²) < 4.78 is 1.02. The van der Waals surface area contributed by atoms with Crippen LogP contribution < -0.4 is 9.80 Å². The van der Waals surface area contributed by atoms with Crippen molar-refractivity contribution in [2.45, 2.75) is 12.3 Å². The largest absolute Gasteiger partial charge is 0.378 e. The van der Waals surface area contributed by atoms with E-state index in [1.807, 2.05) is 33.3 Å². The molecule has 0 N–H and O–H groups in total. The van der Waals surface area contributed by atoms with E-state index < -0.39 is 0 Å². The highest BCUT2D eigenvalue weighted by Gasteiger charge is 2.35. The van der Waals surface area contributed by atoms with Crippen molar-refractivity contribution in [3.8, 4) is 0 Å². The zero-order chi connectivity index (χ0) is 15.9. The number of anilines is 2. The average Bonchev–Trinajstić information content (AvgIpc) is 2.72. The fraction of sp³-hybridized carbons (Fsp3) is 0.278. The van der Waals surface area contributed by atoms with Crippen molar-refractivity contribution in [1.29, 1.82) is 0 Å². The maximum atomic E-state index is 12.6. The van der Waals surface area contributed by atoms with Gasteiger partial charge < -0.3 is 9.80 Å². The zero-order valence-electron chi connectivity index (χ0n) is 13.0. The van der Waals surface area contributed by atoms with Crippen LogP contribution in [-0.2, 0) is 11.2 Å². The number of hydrogen-bond acceptors (Lipinski definition) is 2. The number of benzene rings is 2. The van der Waals surface area contributed by atoms with E-state index in [1.54, 1.807) is 4.90 Å². The SMILES string of the molecule is CN(C)c1ccc(C[C@@H]2C(=O)N(C)c3ccc(Br)cc32)cc1. The van der Waals surface area contributed by atoms with E-state index in [0.717, 1.165) is 22.1 Å².